The molecule has 0 atom stereocenters. The second-order valence-electron chi connectivity index (χ2n) is 4.04. The Morgan fingerprint density at radius 1 is 1.44 bits per heavy atom. The van der Waals surface area contributed by atoms with E-state index in [1.165, 1.54) is 0 Å². The molecule has 0 spiro atoms. The van der Waals surface area contributed by atoms with Gasteiger partial charge in [-0.3, -0.25) is 0 Å². The SMILES string of the molecule is CC(C)N(C)c1cc(NCCCN)ncn1. The molecular weight excluding hydrogens is 202 g/mol. The van der Waals surface area contributed by atoms with Gasteiger partial charge < -0.3 is 16.0 Å². The second-order valence-corrected chi connectivity index (χ2v) is 4.04. The normalized spacial score (nSPS) is 10.6. The maximum atomic E-state index is 5.43. The van der Waals surface area contributed by atoms with Crippen LogP contribution < -0.4 is 16.0 Å². The van der Waals surface area contributed by atoms with Gasteiger partial charge in [0.15, 0.2) is 0 Å². The Kier molecular flexibility index (Phi) is 4.98. The Morgan fingerprint density at radius 2 is 2.19 bits per heavy atom. The zero-order chi connectivity index (χ0) is 12.0. The highest BCUT2D eigenvalue weighted by molar-refractivity contribution is 5.48. The lowest BCUT2D eigenvalue weighted by Crippen LogP contribution is -2.26. The first-order valence-electron chi connectivity index (χ1n) is 5.64. The first-order chi connectivity index (χ1) is 7.65. The summed E-state index contributed by atoms with van der Waals surface area (Å²) in [5, 5.41) is 3.22. The molecular formula is C11H21N5. The molecule has 1 heterocycles. The van der Waals surface area contributed by atoms with Crippen molar-refractivity contribution in [3.05, 3.63) is 12.4 Å². The van der Waals surface area contributed by atoms with Crippen molar-refractivity contribution in [2.24, 2.45) is 5.73 Å². The van der Waals surface area contributed by atoms with Crippen molar-refractivity contribution >= 4 is 11.6 Å². The van der Waals surface area contributed by atoms with Crippen LogP contribution in [0.15, 0.2) is 12.4 Å². The number of nitrogens with two attached hydrogens (primary N) is 1. The van der Waals surface area contributed by atoms with Crippen LogP contribution in [0.3, 0.4) is 0 Å². The highest BCUT2D eigenvalue weighted by Crippen LogP contribution is 2.14. The molecule has 16 heavy (non-hydrogen) atoms. The van der Waals surface area contributed by atoms with Gasteiger partial charge in [0.25, 0.3) is 0 Å². The molecule has 0 amide bonds. The van der Waals surface area contributed by atoms with Crippen LogP contribution in [0.5, 0.6) is 0 Å². The van der Waals surface area contributed by atoms with E-state index >= 15 is 0 Å². The highest BCUT2D eigenvalue weighted by atomic mass is 15.2. The standard InChI is InChI=1S/C11H21N5/c1-9(2)16(3)11-7-10(14-8-15-11)13-6-4-5-12/h7-9H,4-6,12H2,1-3H3,(H,13,14,15). The summed E-state index contributed by atoms with van der Waals surface area (Å²) in [6.45, 7) is 5.79. The average Bonchev–Trinajstić information content (AvgIpc) is 2.29. The van der Waals surface area contributed by atoms with Gasteiger partial charge >= 0.3 is 0 Å². The van der Waals surface area contributed by atoms with E-state index in [9.17, 15) is 0 Å². The fraction of sp³-hybridized carbons (Fsp3) is 0.636. The molecule has 0 saturated heterocycles. The van der Waals surface area contributed by atoms with Crippen LogP contribution in [0.25, 0.3) is 0 Å². The Balaban J connectivity index is 2.63. The minimum atomic E-state index is 0.423. The Bertz CT molecular complexity index is 313. The predicted octanol–water partition coefficient (Wildman–Crippen LogP) is 1.08. The van der Waals surface area contributed by atoms with Crippen LogP contribution >= 0.6 is 0 Å². The monoisotopic (exact) mass is 223 g/mol. The topological polar surface area (TPSA) is 67.1 Å². The van der Waals surface area contributed by atoms with Crippen LogP contribution in [0.1, 0.15) is 20.3 Å². The van der Waals surface area contributed by atoms with E-state index in [1.807, 2.05) is 13.1 Å². The van der Waals surface area contributed by atoms with Gasteiger partial charge in [0.05, 0.1) is 0 Å². The van der Waals surface area contributed by atoms with Gasteiger partial charge in [0.2, 0.25) is 0 Å². The first kappa shape index (κ1) is 12.7. The van der Waals surface area contributed by atoms with Crippen molar-refractivity contribution in [2.75, 3.05) is 30.4 Å². The van der Waals surface area contributed by atoms with Crippen molar-refractivity contribution in [2.45, 2.75) is 26.3 Å². The van der Waals surface area contributed by atoms with Crippen molar-refractivity contribution in [1.82, 2.24) is 9.97 Å². The molecule has 0 fully saturated rings. The minimum Gasteiger partial charge on any atom is -0.370 e. The van der Waals surface area contributed by atoms with Gasteiger partial charge in [0.1, 0.15) is 18.0 Å². The van der Waals surface area contributed by atoms with Gasteiger partial charge in [-0.1, -0.05) is 0 Å². The molecule has 0 aromatic carbocycles. The summed E-state index contributed by atoms with van der Waals surface area (Å²) in [6.07, 6.45) is 2.53. The van der Waals surface area contributed by atoms with Crippen molar-refractivity contribution in [3.8, 4) is 0 Å². The molecule has 1 aromatic rings. The van der Waals surface area contributed by atoms with E-state index in [-0.39, 0.29) is 0 Å². The number of anilines is 2. The lowest BCUT2D eigenvalue weighted by atomic mass is 10.3. The fourth-order valence-electron chi connectivity index (χ4n) is 1.22. The van der Waals surface area contributed by atoms with E-state index in [0.717, 1.165) is 24.6 Å². The van der Waals surface area contributed by atoms with Crippen molar-refractivity contribution < 1.29 is 0 Å². The second kappa shape index (κ2) is 6.27. The molecule has 90 valence electrons. The van der Waals surface area contributed by atoms with Gasteiger partial charge in [-0.15, -0.1) is 0 Å². The quantitative estimate of drug-likeness (QED) is 0.706. The minimum absolute atomic E-state index is 0.423. The molecule has 1 aromatic heterocycles. The number of nitrogens with zero attached hydrogens (tertiary/aromatic N) is 3. The largest absolute Gasteiger partial charge is 0.370 e. The fourth-order valence-corrected chi connectivity index (χ4v) is 1.22. The van der Waals surface area contributed by atoms with E-state index in [2.05, 4.69) is 34.0 Å². The molecule has 5 heteroatoms. The molecule has 0 aliphatic heterocycles. The van der Waals surface area contributed by atoms with Crippen LogP contribution in [0, 0.1) is 0 Å². The molecule has 0 unspecified atom stereocenters. The number of nitrogens with one attached hydrogen (secondary N) is 1. The summed E-state index contributed by atoms with van der Waals surface area (Å²) >= 11 is 0. The summed E-state index contributed by atoms with van der Waals surface area (Å²) in [5.41, 5.74) is 5.43. The third-order valence-corrected chi connectivity index (χ3v) is 2.48. The van der Waals surface area contributed by atoms with Crippen LogP contribution in [-0.4, -0.2) is 36.1 Å². The Morgan fingerprint density at radius 3 is 2.81 bits per heavy atom. The molecule has 0 bridgehead atoms. The van der Waals surface area contributed by atoms with Gasteiger partial charge in [-0.05, 0) is 26.8 Å². The summed E-state index contributed by atoms with van der Waals surface area (Å²) in [5.74, 6) is 1.78. The van der Waals surface area contributed by atoms with E-state index < -0.39 is 0 Å². The number of rotatable bonds is 6. The highest BCUT2D eigenvalue weighted by Gasteiger charge is 2.06. The third kappa shape index (κ3) is 3.66. The third-order valence-electron chi connectivity index (χ3n) is 2.48. The zero-order valence-electron chi connectivity index (χ0n) is 10.3. The smallest absolute Gasteiger partial charge is 0.134 e. The van der Waals surface area contributed by atoms with Crippen LogP contribution in [0.4, 0.5) is 11.6 Å². The lowest BCUT2D eigenvalue weighted by molar-refractivity contribution is 0.741. The Hall–Kier alpha value is -1.36. The van der Waals surface area contributed by atoms with Gasteiger partial charge in [-0.25, -0.2) is 9.97 Å². The number of aromatic nitrogens is 2. The Labute approximate surface area is 97.1 Å². The summed E-state index contributed by atoms with van der Waals surface area (Å²) in [7, 11) is 2.02. The molecule has 0 aliphatic rings. The zero-order valence-corrected chi connectivity index (χ0v) is 10.3. The molecule has 0 radical (unpaired) electrons. The van der Waals surface area contributed by atoms with E-state index in [1.54, 1.807) is 6.33 Å². The average molecular weight is 223 g/mol. The molecule has 3 N–H and O–H groups in total. The van der Waals surface area contributed by atoms with E-state index in [0.29, 0.717) is 12.6 Å². The van der Waals surface area contributed by atoms with E-state index in [4.69, 9.17) is 5.73 Å². The van der Waals surface area contributed by atoms with Crippen molar-refractivity contribution in [3.63, 3.8) is 0 Å². The maximum absolute atomic E-state index is 5.43. The lowest BCUT2D eigenvalue weighted by Gasteiger charge is -2.22. The van der Waals surface area contributed by atoms with Gasteiger partial charge in [0, 0.05) is 25.7 Å². The first-order valence-corrected chi connectivity index (χ1v) is 5.64. The molecule has 5 nitrogen and oxygen atoms in total. The number of hydrogen-bond donors (Lipinski definition) is 2. The van der Waals surface area contributed by atoms with Crippen LogP contribution in [-0.2, 0) is 0 Å². The maximum Gasteiger partial charge on any atom is 0.134 e. The van der Waals surface area contributed by atoms with Crippen molar-refractivity contribution in [1.29, 1.82) is 0 Å². The summed E-state index contributed by atoms with van der Waals surface area (Å²) in [4.78, 5) is 10.5. The van der Waals surface area contributed by atoms with Gasteiger partial charge in [-0.2, -0.15) is 0 Å². The molecule has 0 saturated carbocycles. The predicted molar refractivity (Wildman–Crippen MR) is 67.7 cm³/mol. The summed E-state index contributed by atoms with van der Waals surface area (Å²) in [6, 6.07) is 2.38. The molecule has 1 rings (SSSR count). The summed E-state index contributed by atoms with van der Waals surface area (Å²) < 4.78 is 0. The van der Waals surface area contributed by atoms with Crippen LogP contribution in [0.2, 0.25) is 0 Å². The molecule has 0 aliphatic carbocycles. The number of hydrogen-bond acceptors (Lipinski definition) is 5.